The van der Waals surface area contributed by atoms with Gasteiger partial charge in [0.05, 0.1) is 21.8 Å². The van der Waals surface area contributed by atoms with Crippen molar-refractivity contribution in [3.8, 4) is 0 Å². The van der Waals surface area contributed by atoms with E-state index < -0.39 is 23.5 Å². The SMILES string of the molecule is Cc1cc(C)c2nc(N3C(=O)C(=O)/C(=C(/O)c4ccc(F)cc4)C3c3ccncc3)sc2c1. The summed E-state index contributed by atoms with van der Waals surface area (Å²) in [5, 5.41) is 11.4. The fourth-order valence-electron chi connectivity index (χ4n) is 4.12. The molecule has 1 unspecified atom stereocenters. The first-order chi connectivity index (χ1) is 15.8. The molecule has 1 amide bonds. The van der Waals surface area contributed by atoms with Gasteiger partial charge in [0.1, 0.15) is 11.6 Å². The minimum Gasteiger partial charge on any atom is -0.507 e. The lowest BCUT2D eigenvalue weighted by atomic mass is 9.96. The van der Waals surface area contributed by atoms with Crippen LogP contribution in [0.15, 0.2) is 66.5 Å². The minimum absolute atomic E-state index is 0.0787. The number of aliphatic hydroxyl groups is 1. The van der Waals surface area contributed by atoms with E-state index in [2.05, 4.69) is 9.97 Å². The number of pyridine rings is 1. The second kappa shape index (κ2) is 7.90. The number of ketones is 1. The van der Waals surface area contributed by atoms with Crippen LogP contribution >= 0.6 is 11.3 Å². The molecule has 1 aliphatic heterocycles. The molecule has 1 aliphatic rings. The Bertz CT molecular complexity index is 1450. The number of rotatable bonds is 3. The van der Waals surface area contributed by atoms with Crippen LogP contribution in [-0.4, -0.2) is 26.8 Å². The maximum atomic E-state index is 13.4. The summed E-state index contributed by atoms with van der Waals surface area (Å²) in [5.74, 6) is -2.46. The van der Waals surface area contributed by atoms with Crippen molar-refractivity contribution in [3.63, 3.8) is 0 Å². The summed E-state index contributed by atoms with van der Waals surface area (Å²) >= 11 is 1.31. The number of amides is 1. The number of carbonyl (C=O) groups excluding carboxylic acids is 2. The van der Waals surface area contributed by atoms with Gasteiger partial charge >= 0.3 is 5.91 Å². The summed E-state index contributed by atoms with van der Waals surface area (Å²) in [6, 6.07) is 11.6. The second-order valence-electron chi connectivity index (χ2n) is 7.88. The summed E-state index contributed by atoms with van der Waals surface area (Å²) in [6.07, 6.45) is 3.11. The quantitative estimate of drug-likeness (QED) is 0.263. The number of aromatic nitrogens is 2. The fraction of sp³-hybridized carbons (Fsp3) is 0.120. The van der Waals surface area contributed by atoms with Crippen LogP contribution in [0, 0.1) is 19.7 Å². The highest BCUT2D eigenvalue weighted by atomic mass is 32.1. The zero-order valence-electron chi connectivity index (χ0n) is 17.7. The number of aliphatic hydroxyl groups excluding tert-OH is 1. The molecular weight excluding hydrogens is 441 g/mol. The Morgan fingerprint density at radius 3 is 2.45 bits per heavy atom. The first kappa shape index (κ1) is 21.0. The molecule has 1 saturated heterocycles. The summed E-state index contributed by atoms with van der Waals surface area (Å²) in [7, 11) is 0. The Labute approximate surface area is 192 Å². The van der Waals surface area contributed by atoms with Gasteiger partial charge in [-0.25, -0.2) is 9.37 Å². The lowest BCUT2D eigenvalue weighted by molar-refractivity contribution is -0.132. The molecule has 164 valence electrons. The monoisotopic (exact) mass is 459 g/mol. The number of Topliss-reactive ketones (excluding diaryl/α,β-unsaturated/α-hetero) is 1. The Morgan fingerprint density at radius 1 is 1.06 bits per heavy atom. The molecule has 2 aromatic carbocycles. The van der Waals surface area contributed by atoms with Crippen molar-refractivity contribution in [2.75, 3.05) is 4.90 Å². The number of hydrogen-bond donors (Lipinski definition) is 1. The van der Waals surface area contributed by atoms with E-state index in [9.17, 15) is 19.1 Å². The number of fused-ring (bicyclic) bond motifs is 1. The van der Waals surface area contributed by atoms with Crippen molar-refractivity contribution in [1.82, 2.24) is 9.97 Å². The third-order valence-corrected chi connectivity index (χ3v) is 6.61. The van der Waals surface area contributed by atoms with Gasteiger partial charge in [-0.2, -0.15) is 0 Å². The van der Waals surface area contributed by atoms with Crippen molar-refractivity contribution in [3.05, 3.63) is 94.6 Å². The highest BCUT2D eigenvalue weighted by molar-refractivity contribution is 7.22. The Hall–Kier alpha value is -3.91. The molecular formula is C25H18FN3O3S. The summed E-state index contributed by atoms with van der Waals surface area (Å²) in [4.78, 5) is 36.4. The third kappa shape index (κ3) is 3.48. The Kier molecular flexibility index (Phi) is 5.02. The van der Waals surface area contributed by atoms with Crippen LogP contribution < -0.4 is 4.90 Å². The number of thiazole rings is 1. The Balaban J connectivity index is 1.73. The molecule has 4 aromatic rings. The van der Waals surface area contributed by atoms with Gasteiger partial charge in [0.15, 0.2) is 5.13 Å². The van der Waals surface area contributed by atoms with Gasteiger partial charge in [-0.3, -0.25) is 19.5 Å². The number of aryl methyl sites for hydroxylation is 2. The van der Waals surface area contributed by atoms with Crippen LogP contribution in [0.2, 0.25) is 0 Å². The van der Waals surface area contributed by atoms with Gasteiger partial charge in [0, 0.05) is 18.0 Å². The average molecular weight is 460 g/mol. The fourth-order valence-corrected chi connectivity index (χ4v) is 5.28. The van der Waals surface area contributed by atoms with E-state index in [-0.39, 0.29) is 16.9 Å². The zero-order valence-corrected chi connectivity index (χ0v) is 18.6. The molecule has 1 atom stereocenters. The third-order valence-electron chi connectivity index (χ3n) is 5.61. The van der Waals surface area contributed by atoms with Crippen LogP contribution in [0.5, 0.6) is 0 Å². The molecule has 6 nitrogen and oxygen atoms in total. The summed E-state index contributed by atoms with van der Waals surface area (Å²) < 4.78 is 14.3. The van der Waals surface area contributed by atoms with E-state index in [4.69, 9.17) is 0 Å². The van der Waals surface area contributed by atoms with Gasteiger partial charge in [-0.1, -0.05) is 17.4 Å². The lowest BCUT2D eigenvalue weighted by Crippen LogP contribution is -2.29. The molecule has 1 N–H and O–H groups in total. The summed E-state index contributed by atoms with van der Waals surface area (Å²) in [5.41, 5.74) is 3.55. The van der Waals surface area contributed by atoms with Gasteiger partial charge < -0.3 is 5.11 Å². The Morgan fingerprint density at radius 2 is 1.76 bits per heavy atom. The van der Waals surface area contributed by atoms with E-state index in [0.717, 1.165) is 21.3 Å². The summed E-state index contributed by atoms with van der Waals surface area (Å²) in [6.45, 7) is 3.93. The highest BCUT2D eigenvalue weighted by Gasteiger charge is 2.48. The molecule has 5 rings (SSSR count). The molecule has 2 aromatic heterocycles. The van der Waals surface area contributed by atoms with Crippen molar-refractivity contribution in [1.29, 1.82) is 0 Å². The average Bonchev–Trinajstić information content (AvgIpc) is 3.33. The van der Waals surface area contributed by atoms with Crippen LogP contribution in [0.1, 0.15) is 28.3 Å². The van der Waals surface area contributed by atoms with Crippen LogP contribution in [0.25, 0.3) is 16.0 Å². The molecule has 33 heavy (non-hydrogen) atoms. The second-order valence-corrected chi connectivity index (χ2v) is 8.89. The van der Waals surface area contributed by atoms with Gasteiger partial charge in [0.25, 0.3) is 5.78 Å². The minimum atomic E-state index is -0.903. The van der Waals surface area contributed by atoms with Crippen molar-refractivity contribution in [2.45, 2.75) is 19.9 Å². The predicted molar refractivity (Wildman–Crippen MR) is 125 cm³/mol. The van der Waals surface area contributed by atoms with Gasteiger partial charge in [-0.05, 0) is 73.0 Å². The first-order valence-corrected chi connectivity index (χ1v) is 11.0. The van der Waals surface area contributed by atoms with E-state index in [1.165, 1.54) is 40.5 Å². The molecule has 0 spiro atoms. The number of halogens is 1. The topological polar surface area (TPSA) is 83.4 Å². The molecule has 3 heterocycles. The van der Waals surface area contributed by atoms with E-state index in [0.29, 0.717) is 10.7 Å². The maximum Gasteiger partial charge on any atom is 0.301 e. The zero-order chi connectivity index (χ0) is 23.3. The van der Waals surface area contributed by atoms with Crippen LogP contribution in [0.4, 0.5) is 9.52 Å². The van der Waals surface area contributed by atoms with Crippen molar-refractivity contribution < 1.29 is 19.1 Å². The van der Waals surface area contributed by atoms with E-state index in [1.807, 2.05) is 26.0 Å². The molecule has 0 aliphatic carbocycles. The standard InChI is InChI=1S/C25H18FN3O3S/c1-13-11-14(2)20-18(12-13)33-25(28-20)29-21(15-7-9-27-10-8-15)19(23(31)24(29)32)22(30)16-3-5-17(26)6-4-16/h3-12,21,30H,1-2H3/b22-19+. The maximum absolute atomic E-state index is 13.4. The molecule has 0 saturated carbocycles. The number of benzene rings is 2. The molecule has 8 heteroatoms. The van der Waals surface area contributed by atoms with E-state index in [1.54, 1.807) is 24.5 Å². The van der Waals surface area contributed by atoms with Gasteiger partial charge in [-0.15, -0.1) is 0 Å². The van der Waals surface area contributed by atoms with E-state index >= 15 is 0 Å². The molecule has 0 radical (unpaired) electrons. The van der Waals surface area contributed by atoms with Crippen molar-refractivity contribution in [2.24, 2.45) is 0 Å². The number of carbonyl (C=O) groups is 2. The van der Waals surface area contributed by atoms with Crippen LogP contribution in [-0.2, 0) is 9.59 Å². The normalized spacial score (nSPS) is 17.8. The van der Waals surface area contributed by atoms with Crippen LogP contribution in [0.3, 0.4) is 0 Å². The highest BCUT2D eigenvalue weighted by Crippen LogP contribution is 2.44. The number of hydrogen-bond acceptors (Lipinski definition) is 6. The number of anilines is 1. The largest absolute Gasteiger partial charge is 0.507 e. The number of nitrogens with zero attached hydrogens (tertiary/aromatic N) is 3. The molecule has 0 bridgehead atoms. The predicted octanol–water partition coefficient (Wildman–Crippen LogP) is 5.07. The van der Waals surface area contributed by atoms with Crippen molar-refractivity contribution >= 4 is 44.1 Å². The lowest BCUT2D eigenvalue weighted by Gasteiger charge is -2.22. The molecule has 1 fully saturated rings. The smallest absolute Gasteiger partial charge is 0.301 e. The first-order valence-electron chi connectivity index (χ1n) is 10.2. The van der Waals surface area contributed by atoms with Gasteiger partial charge in [0.2, 0.25) is 0 Å².